The molecule has 0 spiro atoms. The zero-order valence-corrected chi connectivity index (χ0v) is 10.6. The number of aromatic hydroxyl groups is 1. The highest BCUT2D eigenvalue weighted by Crippen LogP contribution is 2.35. The highest BCUT2D eigenvalue weighted by atomic mass is 16.3. The second-order valence-electron chi connectivity index (χ2n) is 4.59. The second-order valence-corrected chi connectivity index (χ2v) is 4.59. The molecule has 0 aliphatic rings. The van der Waals surface area contributed by atoms with Gasteiger partial charge in [-0.15, -0.1) is 0 Å². The van der Waals surface area contributed by atoms with Crippen LogP contribution in [0.3, 0.4) is 0 Å². The molecule has 0 aliphatic heterocycles. The van der Waals surface area contributed by atoms with Gasteiger partial charge in [0.25, 0.3) is 0 Å². The Labute approximate surface area is 103 Å². The molecule has 2 aromatic carbocycles. The van der Waals surface area contributed by atoms with Crippen LogP contribution in [0.1, 0.15) is 35.1 Å². The van der Waals surface area contributed by atoms with Crippen molar-refractivity contribution < 1.29 is 5.11 Å². The standard InChI is InChI=1S/C16H18O/c1-11-9-10-12(2)16(17)15(11)13(3)14-7-5-4-6-8-14/h4-10,13,17H,1-3H3. The Bertz CT molecular complexity index is 515. The second kappa shape index (κ2) is 4.62. The molecule has 0 saturated heterocycles. The molecule has 1 unspecified atom stereocenters. The zero-order chi connectivity index (χ0) is 12.4. The molecule has 2 rings (SSSR count). The number of rotatable bonds is 2. The van der Waals surface area contributed by atoms with Gasteiger partial charge in [0.1, 0.15) is 5.75 Å². The summed E-state index contributed by atoms with van der Waals surface area (Å²) in [6, 6.07) is 14.3. The molecule has 0 fully saturated rings. The van der Waals surface area contributed by atoms with Crippen LogP contribution in [0.2, 0.25) is 0 Å². The van der Waals surface area contributed by atoms with Crippen molar-refractivity contribution in [3.63, 3.8) is 0 Å². The maximum Gasteiger partial charge on any atom is 0.122 e. The van der Waals surface area contributed by atoms with Gasteiger partial charge in [0.15, 0.2) is 0 Å². The van der Waals surface area contributed by atoms with Crippen molar-refractivity contribution in [2.75, 3.05) is 0 Å². The molecule has 1 heteroatoms. The van der Waals surface area contributed by atoms with Crippen molar-refractivity contribution in [1.82, 2.24) is 0 Å². The van der Waals surface area contributed by atoms with Gasteiger partial charge < -0.3 is 5.11 Å². The minimum Gasteiger partial charge on any atom is -0.507 e. The minimum absolute atomic E-state index is 0.219. The molecule has 0 aromatic heterocycles. The molecule has 0 saturated carbocycles. The average Bonchev–Trinajstić information content (AvgIpc) is 2.35. The van der Waals surface area contributed by atoms with Gasteiger partial charge in [0.2, 0.25) is 0 Å². The van der Waals surface area contributed by atoms with Crippen LogP contribution in [0, 0.1) is 13.8 Å². The fourth-order valence-corrected chi connectivity index (χ4v) is 2.27. The van der Waals surface area contributed by atoms with E-state index < -0.39 is 0 Å². The molecule has 1 nitrogen and oxygen atoms in total. The first-order valence-electron chi connectivity index (χ1n) is 5.95. The number of hydrogen-bond donors (Lipinski definition) is 1. The first kappa shape index (κ1) is 11.7. The number of phenolic OH excluding ortho intramolecular Hbond substituents is 1. The minimum atomic E-state index is 0.219. The van der Waals surface area contributed by atoms with Gasteiger partial charge in [-0.05, 0) is 30.5 Å². The monoisotopic (exact) mass is 226 g/mol. The van der Waals surface area contributed by atoms with Crippen LogP contribution >= 0.6 is 0 Å². The van der Waals surface area contributed by atoms with Crippen molar-refractivity contribution in [2.24, 2.45) is 0 Å². The van der Waals surface area contributed by atoms with Crippen molar-refractivity contribution in [3.8, 4) is 5.75 Å². The summed E-state index contributed by atoms with van der Waals surface area (Å²) in [5.41, 5.74) is 4.35. The van der Waals surface area contributed by atoms with E-state index in [2.05, 4.69) is 25.1 Å². The highest BCUT2D eigenvalue weighted by Gasteiger charge is 2.16. The lowest BCUT2D eigenvalue weighted by molar-refractivity contribution is 0.461. The van der Waals surface area contributed by atoms with Gasteiger partial charge in [0, 0.05) is 11.5 Å². The molecule has 17 heavy (non-hydrogen) atoms. The Kier molecular flexibility index (Phi) is 3.19. The van der Waals surface area contributed by atoms with Gasteiger partial charge in [-0.25, -0.2) is 0 Å². The SMILES string of the molecule is Cc1ccc(C)c(C(C)c2ccccc2)c1O. The van der Waals surface area contributed by atoms with Crippen molar-refractivity contribution in [2.45, 2.75) is 26.7 Å². The van der Waals surface area contributed by atoms with Gasteiger partial charge in [0.05, 0.1) is 0 Å². The summed E-state index contributed by atoms with van der Waals surface area (Å²) in [6.07, 6.45) is 0. The van der Waals surface area contributed by atoms with Crippen molar-refractivity contribution in [1.29, 1.82) is 0 Å². The Morgan fingerprint density at radius 1 is 0.882 bits per heavy atom. The molecular weight excluding hydrogens is 208 g/mol. The summed E-state index contributed by atoms with van der Waals surface area (Å²) in [7, 11) is 0. The first-order valence-corrected chi connectivity index (χ1v) is 5.95. The number of hydrogen-bond acceptors (Lipinski definition) is 1. The molecule has 1 atom stereocenters. The summed E-state index contributed by atoms with van der Waals surface area (Å²) in [5.74, 6) is 0.650. The van der Waals surface area contributed by atoms with Crippen LogP contribution in [0.5, 0.6) is 5.75 Å². The van der Waals surface area contributed by atoms with E-state index in [-0.39, 0.29) is 5.92 Å². The summed E-state index contributed by atoms with van der Waals surface area (Å²) in [6.45, 7) is 6.13. The van der Waals surface area contributed by atoms with E-state index in [9.17, 15) is 5.11 Å². The zero-order valence-electron chi connectivity index (χ0n) is 10.6. The Balaban J connectivity index is 2.51. The van der Waals surface area contributed by atoms with Crippen LogP contribution in [0.15, 0.2) is 42.5 Å². The van der Waals surface area contributed by atoms with Gasteiger partial charge in [-0.1, -0.05) is 49.4 Å². The lowest BCUT2D eigenvalue weighted by Gasteiger charge is -2.18. The number of phenols is 1. The fourth-order valence-electron chi connectivity index (χ4n) is 2.27. The van der Waals surface area contributed by atoms with E-state index in [1.54, 1.807) is 0 Å². The fraction of sp³-hybridized carbons (Fsp3) is 0.250. The van der Waals surface area contributed by atoms with Crippen LogP contribution in [-0.2, 0) is 0 Å². The summed E-state index contributed by atoms with van der Waals surface area (Å²) >= 11 is 0. The van der Waals surface area contributed by atoms with Gasteiger partial charge in [-0.2, -0.15) is 0 Å². The van der Waals surface area contributed by atoms with E-state index in [0.717, 1.165) is 16.7 Å². The molecule has 0 radical (unpaired) electrons. The third kappa shape index (κ3) is 2.19. The molecule has 0 aliphatic carbocycles. The first-order chi connectivity index (χ1) is 8.11. The molecular formula is C16H18O. The third-order valence-corrected chi connectivity index (χ3v) is 3.37. The lowest BCUT2D eigenvalue weighted by Crippen LogP contribution is -2.00. The summed E-state index contributed by atoms with van der Waals surface area (Å²) in [5, 5.41) is 10.2. The molecule has 0 heterocycles. The Hall–Kier alpha value is -1.76. The predicted molar refractivity (Wildman–Crippen MR) is 71.5 cm³/mol. The summed E-state index contributed by atoms with van der Waals surface area (Å²) in [4.78, 5) is 0. The van der Waals surface area contributed by atoms with Crippen LogP contribution < -0.4 is 0 Å². The normalized spacial score (nSPS) is 12.4. The van der Waals surface area contributed by atoms with E-state index in [4.69, 9.17) is 0 Å². The van der Waals surface area contributed by atoms with Gasteiger partial charge in [-0.3, -0.25) is 0 Å². The third-order valence-electron chi connectivity index (χ3n) is 3.37. The molecule has 88 valence electrons. The van der Waals surface area contributed by atoms with Crippen LogP contribution in [-0.4, -0.2) is 5.11 Å². The maximum atomic E-state index is 10.2. The summed E-state index contributed by atoms with van der Waals surface area (Å²) < 4.78 is 0. The van der Waals surface area contributed by atoms with Crippen molar-refractivity contribution >= 4 is 0 Å². The predicted octanol–water partition coefficient (Wildman–Crippen LogP) is 4.16. The quantitative estimate of drug-likeness (QED) is 0.815. The van der Waals surface area contributed by atoms with E-state index in [1.807, 2.05) is 38.1 Å². The molecule has 2 aromatic rings. The Morgan fingerprint density at radius 3 is 2.12 bits per heavy atom. The topological polar surface area (TPSA) is 20.2 Å². The molecule has 0 bridgehead atoms. The highest BCUT2D eigenvalue weighted by molar-refractivity contribution is 5.49. The van der Waals surface area contributed by atoms with Crippen LogP contribution in [0.25, 0.3) is 0 Å². The van der Waals surface area contributed by atoms with Gasteiger partial charge >= 0.3 is 0 Å². The van der Waals surface area contributed by atoms with E-state index >= 15 is 0 Å². The van der Waals surface area contributed by atoms with E-state index in [0.29, 0.717) is 5.75 Å². The molecule has 0 amide bonds. The van der Waals surface area contributed by atoms with E-state index in [1.165, 1.54) is 5.56 Å². The Morgan fingerprint density at radius 2 is 1.47 bits per heavy atom. The number of aryl methyl sites for hydroxylation is 2. The average molecular weight is 226 g/mol. The smallest absolute Gasteiger partial charge is 0.122 e. The number of benzene rings is 2. The van der Waals surface area contributed by atoms with Crippen molar-refractivity contribution in [3.05, 3.63) is 64.7 Å². The largest absolute Gasteiger partial charge is 0.507 e. The maximum absolute atomic E-state index is 10.2. The van der Waals surface area contributed by atoms with Crippen LogP contribution in [0.4, 0.5) is 0 Å². The molecule has 1 N–H and O–H groups in total. The lowest BCUT2D eigenvalue weighted by atomic mass is 9.88.